The molecule has 1 saturated heterocycles. The van der Waals surface area contributed by atoms with Crippen LogP contribution in [-0.2, 0) is 0 Å². The van der Waals surface area contributed by atoms with Crippen LogP contribution in [0.4, 0.5) is 14.9 Å². The summed E-state index contributed by atoms with van der Waals surface area (Å²) in [5.41, 5.74) is 4.90. The number of anilines is 1. The Morgan fingerprint density at radius 2 is 2.20 bits per heavy atom. The van der Waals surface area contributed by atoms with Gasteiger partial charge in [0.2, 0.25) is 0 Å². The quantitative estimate of drug-likeness (QED) is 0.727. The third-order valence-electron chi connectivity index (χ3n) is 3.98. The van der Waals surface area contributed by atoms with Crippen molar-refractivity contribution in [2.75, 3.05) is 5.73 Å². The summed E-state index contributed by atoms with van der Waals surface area (Å²) in [4.78, 5) is 12.6. The minimum absolute atomic E-state index is 0.0407. The van der Waals surface area contributed by atoms with Gasteiger partial charge in [-0.2, -0.15) is 0 Å². The highest BCUT2D eigenvalue weighted by molar-refractivity contribution is 5.67. The minimum Gasteiger partial charge on any atom is -0.465 e. The van der Waals surface area contributed by atoms with Crippen molar-refractivity contribution in [1.82, 2.24) is 4.90 Å². The second kappa shape index (κ2) is 4.94. The highest BCUT2D eigenvalue weighted by Crippen LogP contribution is 2.40. The highest BCUT2D eigenvalue weighted by atomic mass is 19.1. The fourth-order valence-corrected chi connectivity index (χ4v) is 2.90. The molecule has 1 aliphatic rings. The van der Waals surface area contributed by atoms with Crippen molar-refractivity contribution in [2.45, 2.75) is 44.4 Å². The molecule has 1 unspecified atom stereocenters. The van der Waals surface area contributed by atoms with E-state index >= 15 is 0 Å². The maximum Gasteiger partial charge on any atom is 0.408 e. The number of carbonyl (C=O) groups is 1. The van der Waals surface area contributed by atoms with Crippen LogP contribution in [0.2, 0.25) is 0 Å². The summed E-state index contributed by atoms with van der Waals surface area (Å²) in [6, 6.07) is 3.71. The maximum absolute atomic E-state index is 14.0. The average molecular weight is 282 g/mol. The van der Waals surface area contributed by atoms with Gasteiger partial charge in [-0.3, -0.25) is 4.90 Å². The van der Waals surface area contributed by atoms with Crippen LogP contribution in [0, 0.1) is 5.82 Å². The number of likely N-dealkylation sites (tertiary alicyclic amines) is 1. The molecule has 0 aromatic heterocycles. The summed E-state index contributed by atoms with van der Waals surface area (Å²) in [5, 5.41) is 19.7. The molecule has 4 N–H and O–H groups in total. The van der Waals surface area contributed by atoms with E-state index < -0.39 is 29.6 Å². The first-order chi connectivity index (χ1) is 9.25. The van der Waals surface area contributed by atoms with Crippen LogP contribution in [0.25, 0.3) is 0 Å². The predicted octanol–water partition coefficient (Wildman–Crippen LogP) is 2.36. The van der Waals surface area contributed by atoms with Crippen LogP contribution < -0.4 is 5.73 Å². The second-order valence-corrected chi connectivity index (χ2v) is 5.77. The summed E-state index contributed by atoms with van der Waals surface area (Å²) < 4.78 is 14.0. The number of nitrogen functional groups attached to an aromatic ring is 1. The summed E-state index contributed by atoms with van der Waals surface area (Å²) in [6.07, 6.45) is -1.24. The maximum atomic E-state index is 14.0. The topological polar surface area (TPSA) is 86.8 Å². The van der Waals surface area contributed by atoms with Gasteiger partial charge in [-0.15, -0.1) is 0 Å². The molecule has 0 bridgehead atoms. The van der Waals surface area contributed by atoms with E-state index in [0.717, 1.165) is 0 Å². The van der Waals surface area contributed by atoms with Gasteiger partial charge in [-0.05, 0) is 32.8 Å². The van der Waals surface area contributed by atoms with Crippen molar-refractivity contribution < 1.29 is 19.4 Å². The number of aliphatic hydroxyl groups excluding tert-OH is 1. The van der Waals surface area contributed by atoms with Crippen molar-refractivity contribution in [3.63, 3.8) is 0 Å². The van der Waals surface area contributed by atoms with Crippen molar-refractivity contribution in [1.29, 1.82) is 0 Å². The van der Waals surface area contributed by atoms with Crippen LogP contribution >= 0.6 is 0 Å². The number of rotatable bonds is 2. The zero-order valence-electron chi connectivity index (χ0n) is 11.5. The lowest BCUT2D eigenvalue weighted by atomic mass is 9.99. The average Bonchev–Trinajstić information content (AvgIpc) is 2.67. The molecule has 110 valence electrons. The van der Waals surface area contributed by atoms with Crippen molar-refractivity contribution in [3.8, 4) is 0 Å². The smallest absolute Gasteiger partial charge is 0.408 e. The Bertz CT molecular complexity index is 533. The lowest BCUT2D eigenvalue weighted by Crippen LogP contribution is -2.48. The van der Waals surface area contributed by atoms with E-state index in [1.165, 1.54) is 17.0 Å². The third kappa shape index (κ3) is 2.31. The molecule has 1 aromatic carbocycles. The van der Waals surface area contributed by atoms with E-state index in [4.69, 9.17) is 5.73 Å². The SMILES string of the molecule is CC1(C)CC[C@H](C(O)c2cccc(N)c2F)N1C(=O)O. The molecule has 1 aromatic rings. The van der Waals surface area contributed by atoms with Gasteiger partial charge in [0.1, 0.15) is 6.10 Å². The molecule has 1 amide bonds. The van der Waals surface area contributed by atoms with E-state index in [1.807, 2.05) is 0 Å². The molecule has 2 atom stereocenters. The highest BCUT2D eigenvalue weighted by Gasteiger charge is 2.46. The number of hydrogen-bond acceptors (Lipinski definition) is 3. The van der Waals surface area contributed by atoms with Crippen molar-refractivity contribution in [3.05, 3.63) is 29.6 Å². The van der Waals surface area contributed by atoms with Gasteiger partial charge < -0.3 is 15.9 Å². The number of nitrogens with two attached hydrogens (primary N) is 1. The summed E-state index contributed by atoms with van der Waals surface area (Å²) in [6.45, 7) is 3.59. The zero-order valence-corrected chi connectivity index (χ0v) is 11.5. The normalized spacial score (nSPS) is 22.8. The van der Waals surface area contributed by atoms with Crippen molar-refractivity contribution >= 4 is 11.8 Å². The third-order valence-corrected chi connectivity index (χ3v) is 3.98. The van der Waals surface area contributed by atoms with E-state index in [-0.39, 0.29) is 11.3 Å². The van der Waals surface area contributed by atoms with Gasteiger partial charge >= 0.3 is 6.09 Å². The first-order valence-electron chi connectivity index (χ1n) is 6.50. The molecule has 20 heavy (non-hydrogen) atoms. The molecule has 2 rings (SSSR count). The van der Waals surface area contributed by atoms with E-state index in [1.54, 1.807) is 19.9 Å². The van der Waals surface area contributed by atoms with Crippen LogP contribution in [0.15, 0.2) is 18.2 Å². The molecule has 0 aliphatic carbocycles. The monoisotopic (exact) mass is 282 g/mol. The van der Waals surface area contributed by atoms with E-state index in [9.17, 15) is 19.4 Å². The number of carboxylic acid groups (broad SMARTS) is 1. The number of halogens is 1. The van der Waals surface area contributed by atoms with E-state index in [0.29, 0.717) is 12.8 Å². The molecule has 1 aliphatic heterocycles. The van der Waals surface area contributed by atoms with Crippen LogP contribution in [0.1, 0.15) is 38.4 Å². The Balaban J connectivity index is 2.36. The number of nitrogens with zero attached hydrogens (tertiary/aromatic N) is 1. The van der Waals surface area contributed by atoms with Gasteiger partial charge in [0.05, 0.1) is 11.7 Å². The lowest BCUT2D eigenvalue weighted by Gasteiger charge is -2.35. The van der Waals surface area contributed by atoms with Gasteiger partial charge in [0.25, 0.3) is 0 Å². The Kier molecular flexibility index (Phi) is 3.60. The van der Waals surface area contributed by atoms with Gasteiger partial charge in [0.15, 0.2) is 5.82 Å². The largest absolute Gasteiger partial charge is 0.465 e. The molecule has 0 radical (unpaired) electrons. The molecular weight excluding hydrogens is 263 g/mol. The predicted molar refractivity (Wildman–Crippen MR) is 72.7 cm³/mol. The fourth-order valence-electron chi connectivity index (χ4n) is 2.90. The van der Waals surface area contributed by atoms with Gasteiger partial charge in [-0.25, -0.2) is 9.18 Å². The Labute approximate surface area is 116 Å². The van der Waals surface area contributed by atoms with Crippen LogP contribution in [0.5, 0.6) is 0 Å². The molecule has 1 heterocycles. The number of amides is 1. The second-order valence-electron chi connectivity index (χ2n) is 5.77. The molecule has 0 saturated carbocycles. The van der Waals surface area contributed by atoms with Crippen LogP contribution in [-0.4, -0.2) is 32.8 Å². The van der Waals surface area contributed by atoms with E-state index in [2.05, 4.69) is 0 Å². The first kappa shape index (κ1) is 14.6. The van der Waals surface area contributed by atoms with Crippen LogP contribution in [0.3, 0.4) is 0 Å². The van der Waals surface area contributed by atoms with Gasteiger partial charge in [-0.1, -0.05) is 12.1 Å². The molecular formula is C14H19FN2O3. The number of benzene rings is 1. The standard InChI is InChI=1S/C14H19FN2O3/c1-14(2)7-6-10(17(14)13(19)20)12(18)8-4-3-5-9(16)11(8)15/h3-5,10,12,18H,6-7,16H2,1-2H3,(H,19,20)/t10-,12?/m1/s1. The molecule has 1 fully saturated rings. The Morgan fingerprint density at radius 1 is 1.55 bits per heavy atom. The van der Waals surface area contributed by atoms with Gasteiger partial charge in [0, 0.05) is 11.1 Å². The number of aliphatic hydroxyl groups is 1. The number of hydrogen-bond donors (Lipinski definition) is 3. The molecule has 5 nitrogen and oxygen atoms in total. The summed E-state index contributed by atoms with van der Waals surface area (Å²) >= 11 is 0. The summed E-state index contributed by atoms with van der Waals surface area (Å²) in [5.74, 6) is -0.685. The Morgan fingerprint density at radius 3 is 2.80 bits per heavy atom. The van der Waals surface area contributed by atoms with Crippen molar-refractivity contribution in [2.24, 2.45) is 0 Å². The lowest BCUT2D eigenvalue weighted by molar-refractivity contribution is 0.0347. The molecule has 0 spiro atoms. The zero-order chi connectivity index (χ0) is 15.1. The molecule has 6 heteroatoms. The Hall–Kier alpha value is -1.82. The first-order valence-corrected chi connectivity index (χ1v) is 6.50. The minimum atomic E-state index is -1.23. The fraction of sp³-hybridized carbons (Fsp3) is 0.500. The summed E-state index contributed by atoms with van der Waals surface area (Å²) in [7, 11) is 0.